The van der Waals surface area contributed by atoms with E-state index in [0.29, 0.717) is 0 Å². The molecule has 1 aromatic heterocycles. The van der Waals surface area contributed by atoms with Gasteiger partial charge < -0.3 is 9.32 Å². The standard InChI is InChI=1S/C63H41NO/c1-4-18-42(19-5-1)51-38-37-49(54-36-34-43-20-10-11-27-50(43)61(51)54)44-35-39-59-55(40-44)62-58(32-17-33-60(62)65-59)64(47-24-8-3-9-25-47)48-26-16-23-46(41-48)63(45-21-6-2-7-22-45)56-30-14-12-28-52(56)53-29-13-15-31-57(53)63/h1-41H. The lowest BCUT2D eigenvalue weighted by molar-refractivity contribution is 0.669. The van der Waals surface area contributed by atoms with Gasteiger partial charge in [0.15, 0.2) is 0 Å². The zero-order valence-corrected chi connectivity index (χ0v) is 35.5. The van der Waals surface area contributed by atoms with E-state index in [0.717, 1.165) is 44.6 Å². The molecule has 0 atom stereocenters. The highest BCUT2D eigenvalue weighted by molar-refractivity contribution is 6.19. The lowest BCUT2D eigenvalue weighted by Crippen LogP contribution is -2.28. The third-order valence-electron chi connectivity index (χ3n) is 13.7. The molecule has 1 aliphatic carbocycles. The molecule has 304 valence electrons. The summed E-state index contributed by atoms with van der Waals surface area (Å²) >= 11 is 0. The first-order valence-electron chi connectivity index (χ1n) is 22.4. The Hall–Kier alpha value is -8.46. The molecule has 0 N–H and O–H groups in total. The monoisotopic (exact) mass is 827 g/mol. The molecule has 0 aliphatic heterocycles. The van der Waals surface area contributed by atoms with E-state index in [9.17, 15) is 0 Å². The summed E-state index contributed by atoms with van der Waals surface area (Å²) in [6, 6.07) is 90.7. The zero-order chi connectivity index (χ0) is 42.9. The molecule has 2 nitrogen and oxygen atoms in total. The predicted octanol–water partition coefficient (Wildman–Crippen LogP) is 17.1. The van der Waals surface area contributed by atoms with E-state index in [2.05, 4.69) is 254 Å². The molecule has 11 aromatic carbocycles. The molecule has 0 amide bonds. The largest absolute Gasteiger partial charge is 0.456 e. The summed E-state index contributed by atoms with van der Waals surface area (Å²) in [4.78, 5) is 2.41. The molecule has 65 heavy (non-hydrogen) atoms. The molecular formula is C63H41NO. The van der Waals surface area contributed by atoms with Crippen molar-refractivity contribution in [2.45, 2.75) is 5.41 Å². The fourth-order valence-electron chi connectivity index (χ4n) is 11.0. The molecule has 0 radical (unpaired) electrons. The average Bonchev–Trinajstić information content (AvgIpc) is 3.91. The number of fused-ring (bicyclic) bond motifs is 9. The second-order valence-electron chi connectivity index (χ2n) is 17.1. The Balaban J connectivity index is 1.03. The molecule has 0 saturated heterocycles. The van der Waals surface area contributed by atoms with Crippen LogP contribution in [-0.4, -0.2) is 0 Å². The maximum Gasteiger partial charge on any atom is 0.137 e. The van der Waals surface area contributed by atoms with Gasteiger partial charge in [0.2, 0.25) is 0 Å². The summed E-state index contributed by atoms with van der Waals surface area (Å²) in [5.74, 6) is 0. The Morgan fingerprint density at radius 3 is 1.74 bits per heavy atom. The predicted molar refractivity (Wildman–Crippen MR) is 272 cm³/mol. The zero-order valence-electron chi connectivity index (χ0n) is 35.5. The molecular weight excluding hydrogens is 787 g/mol. The molecule has 12 aromatic rings. The minimum absolute atomic E-state index is 0.528. The maximum absolute atomic E-state index is 6.76. The summed E-state index contributed by atoms with van der Waals surface area (Å²) in [6.45, 7) is 0. The number of nitrogens with zero attached hydrogens (tertiary/aromatic N) is 1. The summed E-state index contributed by atoms with van der Waals surface area (Å²) in [5, 5.41) is 7.12. The number of anilines is 3. The van der Waals surface area contributed by atoms with E-state index in [4.69, 9.17) is 4.42 Å². The van der Waals surface area contributed by atoms with Crippen molar-refractivity contribution in [2.24, 2.45) is 0 Å². The smallest absolute Gasteiger partial charge is 0.137 e. The quantitative estimate of drug-likeness (QED) is 0.149. The van der Waals surface area contributed by atoms with E-state index in [1.54, 1.807) is 0 Å². The minimum atomic E-state index is -0.528. The van der Waals surface area contributed by atoms with Crippen LogP contribution in [0, 0.1) is 0 Å². The number of benzene rings is 11. The van der Waals surface area contributed by atoms with Crippen molar-refractivity contribution in [2.75, 3.05) is 4.90 Å². The van der Waals surface area contributed by atoms with Gasteiger partial charge in [-0.3, -0.25) is 0 Å². The molecule has 13 rings (SSSR count). The Kier molecular flexibility index (Phi) is 8.47. The number of hydrogen-bond acceptors (Lipinski definition) is 2. The Labute approximate surface area is 377 Å². The number of hydrogen-bond donors (Lipinski definition) is 0. The number of para-hydroxylation sites is 1. The van der Waals surface area contributed by atoms with Crippen LogP contribution in [0.3, 0.4) is 0 Å². The second-order valence-corrected chi connectivity index (χ2v) is 17.1. The molecule has 1 aliphatic rings. The second kappa shape index (κ2) is 14.8. The van der Waals surface area contributed by atoms with Crippen molar-refractivity contribution >= 4 is 60.5 Å². The lowest BCUT2D eigenvalue weighted by Gasteiger charge is -2.35. The summed E-state index contributed by atoms with van der Waals surface area (Å²) in [5.41, 5.74) is 16.7. The van der Waals surface area contributed by atoms with Gasteiger partial charge in [-0.05, 0) is 126 Å². The Morgan fingerprint density at radius 1 is 0.323 bits per heavy atom. The third-order valence-corrected chi connectivity index (χ3v) is 13.7. The normalized spacial score (nSPS) is 12.7. The van der Waals surface area contributed by atoms with Gasteiger partial charge in [-0.25, -0.2) is 0 Å². The van der Waals surface area contributed by atoms with Crippen LogP contribution in [0.2, 0.25) is 0 Å². The van der Waals surface area contributed by atoms with E-state index >= 15 is 0 Å². The van der Waals surface area contributed by atoms with Crippen LogP contribution in [0.1, 0.15) is 22.3 Å². The molecule has 1 heterocycles. The lowest BCUT2D eigenvalue weighted by atomic mass is 9.67. The van der Waals surface area contributed by atoms with Crippen molar-refractivity contribution in [1.29, 1.82) is 0 Å². The molecule has 0 unspecified atom stereocenters. The summed E-state index contributed by atoms with van der Waals surface area (Å²) in [6.07, 6.45) is 0. The van der Waals surface area contributed by atoms with Gasteiger partial charge >= 0.3 is 0 Å². The van der Waals surface area contributed by atoms with Gasteiger partial charge in [0, 0.05) is 16.8 Å². The highest BCUT2D eigenvalue weighted by Gasteiger charge is 2.46. The Bertz CT molecular complexity index is 3730. The SMILES string of the molecule is c1ccc(-c2ccc(-c3ccc4oc5cccc(N(c6ccccc6)c6cccc(C7(c8ccccc8)c8ccccc8-c8ccccc87)c6)c5c4c3)c3ccc4ccccc4c23)cc1. The molecule has 0 saturated carbocycles. The first kappa shape index (κ1) is 37.1. The van der Waals surface area contributed by atoms with Crippen LogP contribution < -0.4 is 4.90 Å². The van der Waals surface area contributed by atoms with E-state index < -0.39 is 5.41 Å². The van der Waals surface area contributed by atoms with Crippen molar-refractivity contribution in [3.05, 3.63) is 271 Å². The average molecular weight is 828 g/mol. The van der Waals surface area contributed by atoms with Crippen LogP contribution >= 0.6 is 0 Å². The highest BCUT2D eigenvalue weighted by Crippen LogP contribution is 2.57. The topological polar surface area (TPSA) is 16.4 Å². The van der Waals surface area contributed by atoms with E-state index in [1.165, 1.54) is 71.6 Å². The van der Waals surface area contributed by atoms with Gasteiger partial charge in [-0.15, -0.1) is 0 Å². The number of rotatable bonds is 7. The van der Waals surface area contributed by atoms with Gasteiger partial charge in [0.05, 0.1) is 16.5 Å². The van der Waals surface area contributed by atoms with Crippen LogP contribution in [0.25, 0.3) is 76.9 Å². The van der Waals surface area contributed by atoms with Crippen molar-refractivity contribution in [3.8, 4) is 33.4 Å². The minimum Gasteiger partial charge on any atom is -0.456 e. The van der Waals surface area contributed by atoms with Crippen molar-refractivity contribution in [3.63, 3.8) is 0 Å². The van der Waals surface area contributed by atoms with Crippen LogP contribution in [-0.2, 0) is 5.41 Å². The first-order valence-corrected chi connectivity index (χ1v) is 22.4. The molecule has 0 fully saturated rings. The summed E-state index contributed by atoms with van der Waals surface area (Å²) < 4.78 is 6.76. The molecule has 2 heteroatoms. The summed E-state index contributed by atoms with van der Waals surface area (Å²) in [7, 11) is 0. The third kappa shape index (κ3) is 5.67. The molecule has 0 spiro atoms. The Morgan fingerprint density at radius 2 is 0.954 bits per heavy atom. The van der Waals surface area contributed by atoms with Crippen LogP contribution in [0.15, 0.2) is 253 Å². The van der Waals surface area contributed by atoms with E-state index in [-0.39, 0.29) is 0 Å². The van der Waals surface area contributed by atoms with Crippen LogP contribution in [0.5, 0.6) is 0 Å². The first-order chi connectivity index (χ1) is 32.3. The van der Waals surface area contributed by atoms with Crippen molar-refractivity contribution < 1.29 is 4.42 Å². The molecule has 0 bridgehead atoms. The van der Waals surface area contributed by atoms with E-state index in [1.807, 2.05) is 0 Å². The van der Waals surface area contributed by atoms with Gasteiger partial charge in [-0.2, -0.15) is 0 Å². The van der Waals surface area contributed by atoms with Gasteiger partial charge in [0.1, 0.15) is 11.2 Å². The maximum atomic E-state index is 6.76. The van der Waals surface area contributed by atoms with Gasteiger partial charge in [-0.1, -0.05) is 200 Å². The number of furan rings is 1. The van der Waals surface area contributed by atoms with Gasteiger partial charge in [0.25, 0.3) is 0 Å². The van der Waals surface area contributed by atoms with Crippen LogP contribution in [0.4, 0.5) is 17.1 Å². The highest BCUT2D eigenvalue weighted by atomic mass is 16.3. The fourth-order valence-corrected chi connectivity index (χ4v) is 11.0. The van der Waals surface area contributed by atoms with Crippen molar-refractivity contribution in [1.82, 2.24) is 0 Å². The fraction of sp³-hybridized carbons (Fsp3) is 0.0159.